The minimum Gasteiger partial charge on any atom is -0.374 e. The van der Waals surface area contributed by atoms with E-state index in [1.807, 2.05) is 13.8 Å². The molecule has 0 radical (unpaired) electrons. The second-order valence-electron chi connectivity index (χ2n) is 5.55. The molecule has 1 rings (SSSR count). The van der Waals surface area contributed by atoms with Crippen LogP contribution in [0.4, 0.5) is 0 Å². The van der Waals surface area contributed by atoms with E-state index in [0.29, 0.717) is 12.5 Å². The lowest BCUT2D eigenvalue weighted by Crippen LogP contribution is -2.48. The van der Waals surface area contributed by atoms with Crippen LogP contribution in [0.5, 0.6) is 0 Å². The van der Waals surface area contributed by atoms with Gasteiger partial charge in [0.25, 0.3) is 0 Å². The van der Waals surface area contributed by atoms with E-state index >= 15 is 0 Å². The van der Waals surface area contributed by atoms with Gasteiger partial charge in [0, 0.05) is 32.1 Å². The number of amides is 1. The van der Waals surface area contributed by atoms with Crippen molar-refractivity contribution in [3.63, 3.8) is 0 Å². The predicted molar refractivity (Wildman–Crippen MR) is 68.9 cm³/mol. The van der Waals surface area contributed by atoms with Gasteiger partial charge in [-0.25, -0.2) is 0 Å². The molecule has 1 saturated heterocycles. The van der Waals surface area contributed by atoms with Crippen LogP contribution in [0, 0.1) is 11.8 Å². The quantitative estimate of drug-likeness (QED) is 0.785. The smallest absolute Gasteiger partial charge is 0.222 e. The van der Waals surface area contributed by atoms with Gasteiger partial charge < -0.3 is 10.1 Å². The SMILES string of the molecule is CC(C)CN1CCOC(CNC(=O)C(C)C)C1. The first-order chi connectivity index (χ1) is 7.99. The molecule has 0 aliphatic carbocycles. The highest BCUT2D eigenvalue weighted by Crippen LogP contribution is 2.07. The Labute approximate surface area is 105 Å². The van der Waals surface area contributed by atoms with Crippen molar-refractivity contribution in [1.29, 1.82) is 0 Å². The Hall–Kier alpha value is -0.610. The molecule has 1 N–H and O–H groups in total. The molecule has 4 heteroatoms. The minimum absolute atomic E-state index is 0.0466. The molecule has 0 spiro atoms. The van der Waals surface area contributed by atoms with E-state index in [2.05, 4.69) is 24.1 Å². The first kappa shape index (κ1) is 14.5. The lowest BCUT2D eigenvalue weighted by molar-refractivity contribution is -0.125. The molecule has 0 saturated carbocycles. The molecule has 0 bridgehead atoms. The van der Waals surface area contributed by atoms with Gasteiger partial charge in [0.05, 0.1) is 12.7 Å². The molecular formula is C13H26N2O2. The van der Waals surface area contributed by atoms with Crippen LogP contribution in [0.25, 0.3) is 0 Å². The van der Waals surface area contributed by atoms with Crippen molar-refractivity contribution in [2.75, 3.05) is 32.8 Å². The molecule has 1 aliphatic heterocycles. The van der Waals surface area contributed by atoms with Crippen LogP contribution in [0.15, 0.2) is 0 Å². The topological polar surface area (TPSA) is 41.6 Å². The maximum Gasteiger partial charge on any atom is 0.222 e. The van der Waals surface area contributed by atoms with Gasteiger partial charge in [-0.05, 0) is 5.92 Å². The summed E-state index contributed by atoms with van der Waals surface area (Å²) in [7, 11) is 0. The summed E-state index contributed by atoms with van der Waals surface area (Å²) in [5, 5.41) is 2.94. The molecule has 1 unspecified atom stereocenters. The van der Waals surface area contributed by atoms with Crippen molar-refractivity contribution in [3.05, 3.63) is 0 Å². The average molecular weight is 242 g/mol. The summed E-state index contributed by atoms with van der Waals surface area (Å²) in [6.07, 6.45) is 0.144. The summed E-state index contributed by atoms with van der Waals surface area (Å²) in [6, 6.07) is 0. The lowest BCUT2D eigenvalue weighted by atomic mass is 10.1. The van der Waals surface area contributed by atoms with Gasteiger partial charge >= 0.3 is 0 Å². The number of nitrogens with zero attached hydrogens (tertiary/aromatic N) is 1. The molecule has 0 aromatic rings. The average Bonchev–Trinajstić information content (AvgIpc) is 2.25. The molecule has 1 aliphatic rings. The monoisotopic (exact) mass is 242 g/mol. The number of carbonyl (C=O) groups excluding carboxylic acids is 1. The normalized spacial score (nSPS) is 22.1. The molecular weight excluding hydrogens is 216 g/mol. The zero-order chi connectivity index (χ0) is 12.8. The Morgan fingerprint density at radius 3 is 2.71 bits per heavy atom. The lowest BCUT2D eigenvalue weighted by Gasteiger charge is -2.34. The van der Waals surface area contributed by atoms with Gasteiger partial charge in [0.2, 0.25) is 5.91 Å². The summed E-state index contributed by atoms with van der Waals surface area (Å²) >= 11 is 0. The highest BCUT2D eigenvalue weighted by atomic mass is 16.5. The van der Waals surface area contributed by atoms with Gasteiger partial charge in [0.1, 0.15) is 0 Å². The Morgan fingerprint density at radius 1 is 1.41 bits per heavy atom. The Morgan fingerprint density at radius 2 is 2.12 bits per heavy atom. The van der Waals surface area contributed by atoms with Crippen molar-refractivity contribution in [2.45, 2.75) is 33.8 Å². The first-order valence-electron chi connectivity index (χ1n) is 6.60. The number of hydrogen-bond acceptors (Lipinski definition) is 3. The zero-order valence-electron chi connectivity index (χ0n) is 11.5. The Bertz CT molecular complexity index is 242. The van der Waals surface area contributed by atoms with Crippen molar-refractivity contribution in [3.8, 4) is 0 Å². The van der Waals surface area contributed by atoms with Crippen molar-refractivity contribution in [2.24, 2.45) is 11.8 Å². The number of morpholine rings is 1. The van der Waals surface area contributed by atoms with E-state index in [9.17, 15) is 4.79 Å². The molecule has 1 amide bonds. The third-order valence-electron chi connectivity index (χ3n) is 2.87. The fourth-order valence-corrected chi connectivity index (χ4v) is 2.00. The standard InChI is InChI=1S/C13H26N2O2/c1-10(2)8-15-5-6-17-12(9-15)7-14-13(16)11(3)4/h10-12H,5-9H2,1-4H3,(H,14,16). The number of ether oxygens (including phenoxy) is 1. The largest absolute Gasteiger partial charge is 0.374 e. The first-order valence-corrected chi connectivity index (χ1v) is 6.60. The highest BCUT2D eigenvalue weighted by molar-refractivity contribution is 5.77. The molecule has 1 atom stereocenters. The molecule has 1 fully saturated rings. The fourth-order valence-electron chi connectivity index (χ4n) is 2.00. The molecule has 1 heterocycles. The van der Waals surface area contributed by atoms with Gasteiger partial charge in [-0.3, -0.25) is 9.69 Å². The van der Waals surface area contributed by atoms with Crippen molar-refractivity contribution < 1.29 is 9.53 Å². The second kappa shape index (κ2) is 6.97. The van der Waals surface area contributed by atoms with Gasteiger partial charge in [-0.15, -0.1) is 0 Å². The summed E-state index contributed by atoms with van der Waals surface area (Å²) in [4.78, 5) is 13.9. The molecule has 0 aromatic carbocycles. The van der Waals surface area contributed by atoms with Crippen LogP contribution >= 0.6 is 0 Å². The maximum atomic E-state index is 11.5. The predicted octanol–water partition coefficient (Wildman–Crippen LogP) is 1.12. The van der Waals surface area contributed by atoms with E-state index in [-0.39, 0.29) is 17.9 Å². The summed E-state index contributed by atoms with van der Waals surface area (Å²) < 4.78 is 5.66. The van der Waals surface area contributed by atoms with Crippen LogP contribution in [-0.4, -0.2) is 49.7 Å². The summed E-state index contributed by atoms with van der Waals surface area (Å²) in [5.41, 5.74) is 0. The minimum atomic E-state index is 0.0466. The van der Waals surface area contributed by atoms with Gasteiger partial charge in [-0.1, -0.05) is 27.7 Å². The van der Waals surface area contributed by atoms with Crippen LogP contribution < -0.4 is 5.32 Å². The molecule has 0 aromatic heterocycles. The number of rotatable bonds is 5. The van der Waals surface area contributed by atoms with E-state index in [0.717, 1.165) is 26.2 Å². The summed E-state index contributed by atoms with van der Waals surface area (Å²) in [6.45, 7) is 12.7. The van der Waals surface area contributed by atoms with Crippen LogP contribution in [0.3, 0.4) is 0 Å². The van der Waals surface area contributed by atoms with Crippen LogP contribution in [0.1, 0.15) is 27.7 Å². The fraction of sp³-hybridized carbons (Fsp3) is 0.923. The van der Waals surface area contributed by atoms with E-state index in [1.54, 1.807) is 0 Å². The third-order valence-corrected chi connectivity index (χ3v) is 2.87. The third kappa shape index (κ3) is 5.50. The second-order valence-corrected chi connectivity index (χ2v) is 5.55. The van der Waals surface area contributed by atoms with Crippen molar-refractivity contribution >= 4 is 5.91 Å². The van der Waals surface area contributed by atoms with Crippen LogP contribution in [0.2, 0.25) is 0 Å². The maximum absolute atomic E-state index is 11.5. The molecule has 100 valence electrons. The molecule has 17 heavy (non-hydrogen) atoms. The van der Waals surface area contributed by atoms with Crippen LogP contribution in [-0.2, 0) is 9.53 Å². The summed E-state index contributed by atoms with van der Waals surface area (Å²) in [5.74, 6) is 0.832. The van der Waals surface area contributed by atoms with Gasteiger partial charge in [-0.2, -0.15) is 0 Å². The Kier molecular flexibility index (Phi) is 5.92. The van der Waals surface area contributed by atoms with E-state index in [1.165, 1.54) is 0 Å². The number of nitrogens with one attached hydrogen (secondary N) is 1. The Balaban J connectivity index is 2.27. The zero-order valence-corrected chi connectivity index (χ0v) is 11.5. The number of hydrogen-bond donors (Lipinski definition) is 1. The van der Waals surface area contributed by atoms with E-state index in [4.69, 9.17) is 4.74 Å². The number of carbonyl (C=O) groups is 1. The highest BCUT2D eigenvalue weighted by Gasteiger charge is 2.21. The van der Waals surface area contributed by atoms with E-state index < -0.39 is 0 Å². The van der Waals surface area contributed by atoms with Gasteiger partial charge in [0.15, 0.2) is 0 Å². The molecule has 4 nitrogen and oxygen atoms in total. The van der Waals surface area contributed by atoms with Crippen molar-refractivity contribution in [1.82, 2.24) is 10.2 Å².